The number of rotatable bonds is 2. The molecule has 1 fully saturated rings. The van der Waals surface area contributed by atoms with Crippen molar-refractivity contribution in [2.45, 2.75) is 38.9 Å². The van der Waals surface area contributed by atoms with Crippen LogP contribution in [0.15, 0.2) is 24.8 Å². The van der Waals surface area contributed by atoms with Crippen LogP contribution in [0.1, 0.15) is 27.7 Å². The van der Waals surface area contributed by atoms with Crippen molar-refractivity contribution in [1.29, 1.82) is 0 Å². The highest BCUT2D eigenvalue weighted by molar-refractivity contribution is 6.62. The van der Waals surface area contributed by atoms with Gasteiger partial charge in [-0.1, -0.05) is 11.6 Å². The first-order chi connectivity index (χ1) is 9.78. The van der Waals surface area contributed by atoms with Crippen molar-refractivity contribution in [3.05, 3.63) is 29.9 Å². The monoisotopic (exact) mass is 306 g/mol. The van der Waals surface area contributed by atoms with E-state index in [1.807, 2.05) is 33.9 Å². The SMILES string of the molecule is CC1(C)OB(c2cnn(-c3cnc(Cl)cn3)c2)OC1(C)C. The van der Waals surface area contributed by atoms with E-state index >= 15 is 0 Å². The lowest BCUT2D eigenvalue weighted by Gasteiger charge is -2.32. The molecule has 8 heteroatoms. The van der Waals surface area contributed by atoms with Crippen LogP contribution in [-0.2, 0) is 9.31 Å². The fraction of sp³-hybridized carbons (Fsp3) is 0.462. The maximum atomic E-state index is 5.99. The van der Waals surface area contributed by atoms with Crippen molar-refractivity contribution in [3.8, 4) is 5.82 Å². The van der Waals surface area contributed by atoms with Gasteiger partial charge in [-0.3, -0.25) is 0 Å². The van der Waals surface area contributed by atoms with Gasteiger partial charge in [0.15, 0.2) is 5.82 Å². The van der Waals surface area contributed by atoms with E-state index in [4.69, 9.17) is 20.9 Å². The van der Waals surface area contributed by atoms with Gasteiger partial charge in [0.25, 0.3) is 0 Å². The number of hydrogen-bond donors (Lipinski definition) is 0. The fourth-order valence-corrected chi connectivity index (χ4v) is 2.08. The highest BCUT2D eigenvalue weighted by atomic mass is 35.5. The van der Waals surface area contributed by atoms with Crippen molar-refractivity contribution in [3.63, 3.8) is 0 Å². The summed E-state index contributed by atoms with van der Waals surface area (Å²) in [6.45, 7) is 8.06. The number of nitrogens with zero attached hydrogens (tertiary/aromatic N) is 4. The van der Waals surface area contributed by atoms with E-state index in [2.05, 4.69) is 15.1 Å². The van der Waals surface area contributed by atoms with E-state index in [0.717, 1.165) is 5.46 Å². The Morgan fingerprint density at radius 3 is 2.29 bits per heavy atom. The first-order valence-electron chi connectivity index (χ1n) is 6.67. The molecule has 2 aromatic heterocycles. The zero-order valence-electron chi connectivity index (χ0n) is 12.4. The lowest BCUT2D eigenvalue weighted by atomic mass is 9.82. The average Bonchev–Trinajstić information content (AvgIpc) is 2.94. The van der Waals surface area contributed by atoms with E-state index in [-0.39, 0.29) is 11.2 Å². The molecule has 0 unspecified atom stereocenters. The van der Waals surface area contributed by atoms with Crippen LogP contribution in [0.4, 0.5) is 0 Å². The molecule has 2 aromatic rings. The number of hydrogen-bond acceptors (Lipinski definition) is 5. The summed E-state index contributed by atoms with van der Waals surface area (Å²) in [5.41, 5.74) is 0.0880. The van der Waals surface area contributed by atoms with Gasteiger partial charge in [0.05, 0.1) is 23.6 Å². The third-order valence-electron chi connectivity index (χ3n) is 3.97. The van der Waals surface area contributed by atoms with Gasteiger partial charge < -0.3 is 9.31 Å². The van der Waals surface area contributed by atoms with Gasteiger partial charge in [0.2, 0.25) is 0 Å². The number of halogens is 1. The summed E-state index contributed by atoms with van der Waals surface area (Å²) in [5, 5.41) is 4.61. The molecule has 110 valence electrons. The van der Waals surface area contributed by atoms with Gasteiger partial charge in [0, 0.05) is 17.9 Å². The van der Waals surface area contributed by atoms with Crippen molar-refractivity contribution in [2.75, 3.05) is 0 Å². The van der Waals surface area contributed by atoms with Crippen LogP contribution in [0.5, 0.6) is 0 Å². The Morgan fingerprint density at radius 2 is 1.71 bits per heavy atom. The van der Waals surface area contributed by atoms with Crippen LogP contribution in [-0.4, -0.2) is 38.1 Å². The Kier molecular flexibility index (Phi) is 3.31. The molecule has 0 spiro atoms. The molecule has 21 heavy (non-hydrogen) atoms. The minimum Gasteiger partial charge on any atom is -0.399 e. The second-order valence-electron chi connectivity index (χ2n) is 6.00. The first kappa shape index (κ1) is 14.5. The fourth-order valence-electron chi connectivity index (χ4n) is 1.99. The normalized spacial score (nSPS) is 20.0. The highest BCUT2D eigenvalue weighted by Crippen LogP contribution is 2.36. The highest BCUT2D eigenvalue weighted by Gasteiger charge is 2.52. The second-order valence-corrected chi connectivity index (χ2v) is 6.39. The van der Waals surface area contributed by atoms with E-state index in [9.17, 15) is 0 Å². The summed E-state index contributed by atoms with van der Waals surface area (Å²) in [6.07, 6.45) is 6.56. The Morgan fingerprint density at radius 1 is 1.05 bits per heavy atom. The summed E-state index contributed by atoms with van der Waals surface area (Å²) in [5.74, 6) is 0.585. The molecule has 0 radical (unpaired) electrons. The molecule has 1 aliphatic heterocycles. The molecule has 0 aromatic carbocycles. The molecule has 0 amide bonds. The zero-order chi connectivity index (χ0) is 15.3. The average molecular weight is 307 g/mol. The quantitative estimate of drug-likeness (QED) is 0.789. The van der Waals surface area contributed by atoms with Crippen LogP contribution < -0.4 is 5.46 Å². The van der Waals surface area contributed by atoms with Crippen LogP contribution in [0, 0.1) is 0 Å². The summed E-state index contributed by atoms with van der Waals surface area (Å²) < 4.78 is 13.6. The van der Waals surface area contributed by atoms with Crippen molar-refractivity contribution in [2.24, 2.45) is 0 Å². The van der Waals surface area contributed by atoms with Gasteiger partial charge in [-0.2, -0.15) is 5.10 Å². The van der Waals surface area contributed by atoms with E-state index in [1.165, 1.54) is 6.20 Å². The van der Waals surface area contributed by atoms with E-state index < -0.39 is 7.12 Å². The largest absolute Gasteiger partial charge is 0.498 e. The predicted octanol–water partition coefficient (Wildman–Crippen LogP) is 1.61. The van der Waals surface area contributed by atoms with Crippen LogP contribution in [0.25, 0.3) is 5.82 Å². The van der Waals surface area contributed by atoms with Gasteiger partial charge in [-0.05, 0) is 27.7 Å². The Hall–Kier alpha value is -1.44. The lowest BCUT2D eigenvalue weighted by Crippen LogP contribution is -2.41. The van der Waals surface area contributed by atoms with Crippen molar-refractivity contribution < 1.29 is 9.31 Å². The Balaban J connectivity index is 1.85. The summed E-state index contributed by atoms with van der Waals surface area (Å²) >= 11 is 5.73. The molecule has 6 nitrogen and oxygen atoms in total. The van der Waals surface area contributed by atoms with Crippen molar-refractivity contribution in [1.82, 2.24) is 19.7 Å². The molecular formula is C13H16BClN4O2. The number of aromatic nitrogens is 4. The molecule has 0 N–H and O–H groups in total. The van der Waals surface area contributed by atoms with E-state index in [1.54, 1.807) is 17.1 Å². The molecule has 1 aliphatic rings. The molecule has 0 aliphatic carbocycles. The van der Waals surface area contributed by atoms with E-state index in [0.29, 0.717) is 11.0 Å². The molecule has 0 bridgehead atoms. The molecule has 0 saturated carbocycles. The van der Waals surface area contributed by atoms with Crippen LogP contribution in [0.3, 0.4) is 0 Å². The minimum atomic E-state index is -0.441. The Bertz CT molecular complexity index is 640. The van der Waals surface area contributed by atoms with Gasteiger partial charge >= 0.3 is 7.12 Å². The molecule has 1 saturated heterocycles. The molecular weight excluding hydrogens is 290 g/mol. The predicted molar refractivity (Wildman–Crippen MR) is 79.9 cm³/mol. The molecule has 0 atom stereocenters. The zero-order valence-corrected chi connectivity index (χ0v) is 13.1. The minimum absolute atomic E-state index is 0.345. The van der Waals surface area contributed by atoms with Gasteiger partial charge in [-0.25, -0.2) is 14.6 Å². The maximum Gasteiger partial charge on any atom is 0.498 e. The maximum absolute atomic E-state index is 5.99. The third-order valence-corrected chi connectivity index (χ3v) is 4.16. The topological polar surface area (TPSA) is 62.1 Å². The summed E-state index contributed by atoms with van der Waals surface area (Å²) in [6, 6.07) is 0. The molecule has 3 heterocycles. The second kappa shape index (κ2) is 4.79. The molecule has 3 rings (SSSR count). The van der Waals surface area contributed by atoms with Crippen LogP contribution in [0.2, 0.25) is 5.15 Å². The lowest BCUT2D eigenvalue weighted by molar-refractivity contribution is 0.00578. The van der Waals surface area contributed by atoms with Gasteiger partial charge in [-0.15, -0.1) is 0 Å². The Labute approximate surface area is 128 Å². The summed E-state index contributed by atoms with van der Waals surface area (Å²) in [7, 11) is -0.441. The summed E-state index contributed by atoms with van der Waals surface area (Å²) in [4.78, 5) is 8.16. The smallest absolute Gasteiger partial charge is 0.399 e. The van der Waals surface area contributed by atoms with Gasteiger partial charge in [0.1, 0.15) is 5.15 Å². The van der Waals surface area contributed by atoms with Crippen LogP contribution >= 0.6 is 11.6 Å². The van der Waals surface area contributed by atoms with Crippen molar-refractivity contribution >= 4 is 24.2 Å². The standard InChI is InChI=1S/C13H16BClN4O2/c1-12(2)13(3,4)21-14(20-12)9-5-18-19(8-9)11-7-16-10(15)6-17-11/h5-8H,1-4H3. The third kappa shape index (κ3) is 2.56. The first-order valence-corrected chi connectivity index (χ1v) is 7.04.